The molecule has 3 aliphatic rings. The Balaban J connectivity index is 1.43. The lowest BCUT2D eigenvalue weighted by molar-refractivity contribution is -0.363. The molecule has 312 valence electrons. The van der Waals surface area contributed by atoms with Gasteiger partial charge >= 0.3 is 5.97 Å². The zero-order valence-electron chi connectivity index (χ0n) is 31.0. The number of rotatable bonds is 14. The third-order valence-corrected chi connectivity index (χ3v) is 9.73. The van der Waals surface area contributed by atoms with Crippen molar-refractivity contribution in [1.82, 2.24) is 0 Å². The first-order valence-corrected chi connectivity index (χ1v) is 17.9. The number of benzene rings is 2. The first kappa shape index (κ1) is 43.5. The molecule has 9 N–H and O–H groups in total. The summed E-state index contributed by atoms with van der Waals surface area (Å²) in [7, 11) is 2.74. The van der Waals surface area contributed by atoms with Gasteiger partial charge in [0.2, 0.25) is 0 Å². The van der Waals surface area contributed by atoms with Gasteiger partial charge in [0.25, 0.3) is 0 Å². The number of ether oxygens (including phenoxy) is 9. The van der Waals surface area contributed by atoms with Crippen LogP contribution >= 0.6 is 0 Å². The molecule has 19 heteroatoms. The molecule has 3 saturated heterocycles. The second-order valence-corrected chi connectivity index (χ2v) is 13.6. The standard InChI is InChI=1S/C37H50O19/c1-16-26(41)28(43)30(45)35(52-16)51-15-24-33(55-25(40)10-7-18-5-8-20(38)22(13-18)48-3)34(56-37-31(46)29(44)27(42)17(2)53-37)32(47)36(54-24)50-12-11-19-6-9-21(39)23(14-19)49-4/h5-10,13-14,16-17,24,26-39,41-47H,11-12,15H2,1-4H3/b10-7+/t16-,17-,24+,26-,27-,28+,29+,30+,31+,32+,33+,34+,35+,36+,37-/m0/s1. The Labute approximate surface area is 321 Å². The zero-order chi connectivity index (χ0) is 40.8. The molecule has 0 unspecified atom stereocenters. The van der Waals surface area contributed by atoms with E-state index in [9.17, 15) is 50.8 Å². The van der Waals surface area contributed by atoms with E-state index >= 15 is 0 Å². The van der Waals surface area contributed by atoms with Gasteiger partial charge in [-0.2, -0.15) is 0 Å². The molecule has 0 amide bonds. The molecule has 0 radical (unpaired) electrons. The second-order valence-electron chi connectivity index (χ2n) is 13.6. The molecule has 0 saturated carbocycles. The average Bonchev–Trinajstić information content (AvgIpc) is 3.18. The molecule has 15 atom stereocenters. The summed E-state index contributed by atoms with van der Waals surface area (Å²) in [5.41, 5.74) is 1.11. The number of phenolic OH excluding ortho intramolecular Hbond substituents is 2. The molecule has 0 aromatic heterocycles. The molecule has 19 nitrogen and oxygen atoms in total. The number of esters is 1. The Kier molecular flexibility index (Phi) is 14.9. The van der Waals surface area contributed by atoms with Crippen molar-refractivity contribution in [3.8, 4) is 23.0 Å². The lowest BCUT2D eigenvalue weighted by atomic mass is 9.96. The molecule has 0 aliphatic carbocycles. The molecule has 5 rings (SSSR count). The summed E-state index contributed by atoms with van der Waals surface area (Å²) in [5.74, 6) is -0.848. The fourth-order valence-corrected chi connectivity index (χ4v) is 6.39. The third-order valence-electron chi connectivity index (χ3n) is 9.73. The van der Waals surface area contributed by atoms with Crippen LogP contribution in [0.3, 0.4) is 0 Å². The highest BCUT2D eigenvalue weighted by molar-refractivity contribution is 5.87. The quantitative estimate of drug-likeness (QED) is 0.0772. The van der Waals surface area contributed by atoms with Gasteiger partial charge in [-0.05, 0) is 61.7 Å². The normalized spacial score (nSPS) is 36.3. The van der Waals surface area contributed by atoms with Gasteiger partial charge in [0.15, 0.2) is 48.0 Å². The van der Waals surface area contributed by atoms with E-state index in [1.807, 2.05) is 0 Å². The molecule has 2 aromatic carbocycles. The van der Waals surface area contributed by atoms with Crippen molar-refractivity contribution in [2.24, 2.45) is 0 Å². The van der Waals surface area contributed by atoms with Crippen LogP contribution in [0, 0.1) is 0 Å². The Morgan fingerprint density at radius 3 is 1.89 bits per heavy atom. The van der Waals surface area contributed by atoms with E-state index in [1.54, 1.807) is 12.1 Å². The lowest BCUT2D eigenvalue weighted by Crippen LogP contribution is -2.65. The molecule has 3 aliphatic heterocycles. The summed E-state index contributed by atoms with van der Waals surface area (Å²) in [4.78, 5) is 13.4. The first-order valence-electron chi connectivity index (χ1n) is 17.9. The maximum Gasteiger partial charge on any atom is 0.331 e. The summed E-state index contributed by atoms with van der Waals surface area (Å²) in [5, 5.41) is 94.4. The fourth-order valence-electron chi connectivity index (χ4n) is 6.39. The van der Waals surface area contributed by atoms with Crippen molar-refractivity contribution in [3.63, 3.8) is 0 Å². The van der Waals surface area contributed by atoms with E-state index in [2.05, 4.69) is 0 Å². The average molecular weight is 799 g/mol. The summed E-state index contributed by atoms with van der Waals surface area (Å²) in [6, 6.07) is 8.95. The van der Waals surface area contributed by atoms with Crippen LogP contribution in [-0.4, -0.2) is 171 Å². The Bertz CT molecular complexity index is 1620. The van der Waals surface area contributed by atoms with E-state index < -0.39 is 105 Å². The summed E-state index contributed by atoms with van der Waals surface area (Å²) >= 11 is 0. The van der Waals surface area contributed by atoms with Crippen molar-refractivity contribution in [2.75, 3.05) is 27.4 Å². The van der Waals surface area contributed by atoms with Gasteiger partial charge < -0.3 is 88.6 Å². The molecule has 2 aromatic rings. The van der Waals surface area contributed by atoms with E-state index in [1.165, 1.54) is 58.4 Å². The van der Waals surface area contributed by atoms with E-state index in [0.717, 1.165) is 6.08 Å². The number of aliphatic hydroxyl groups is 7. The molecule has 56 heavy (non-hydrogen) atoms. The number of carbonyl (C=O) groups excluding carboxylic acids is 1. The number of aliphatic hydroxyl groups excluding tert-OH is 7. The summed E-state index contributed by atoms with van der Waals surface area (Å²) in [6.45, 7) is 2.21. The maximum atomic E-state index is 13.4. The largest absolute Gasteiger partial charge is 0.504 e. The van der Waals surface area contributed by atoms with E-state index in [0.29, 0.717) is 11.1 Å². The predicted octanol–water partition coefficient (Wildman–Crippen LogP) is -1.56. The van der Waals surface area contributed by atoms with Gasteiger partial charge in [-0.1, -0.05) is 12.1 Å². The molecular weight excluding hydrogens is 748 g/mol. The Hall–Kier alpha value is -3.67. The van der Waals surface area contributed by atoms with Crippen LogP contribution in [0.4, 0.5) is 0 Å². The monoisotopic (exact) mass is 798 g/mol. The van der Waals surface area contributed by atoms with E-state index in [-0.39, 0.29) is 36.0 Å². The molecule has 3 heterocycles. The van der Waals surface area contributed by atoms with Gasteiger partial charge in [-0.25, -0.2) is 4.79 Å². The van der Waals surface area contributed by atoms with Crippen LogP contribution in [0.15, 0.2) is 42.5 Å². The van der Waals surface area contributed by atoms with Crippen molar-refractivity contribution in [3.05, 3.63) is 53.6 Å². The van der Waals surface area contributed by atoms with Crippen LogP contribution in [-0.2, 0) is 44.4 Å². The van der Waals surface area contributed by atoms with Crippen molar-refractivity contribution in [2.45, 2.75) is 112 Å². The lowest BCUT2D eigenvalue weighted by Gasteiger charge is -2.47. The number of hydrogen-bond acceptors (Lipinski definition) is 19. The van der Waals surface area contributed by atoms with Gasteiger partial charge in [0.1, 0.15) is 54.9 Å². The first-order chi connectivity index (χ1) is 26.6. The number of hydrogen-bond donors (Lipinski definition) is 9. The zero-order valence-corrected chi connectivity index (χ0v) is 31.0. The SMILES string of the molecule is COc1cc(/C=C/C(=O)O[C@H]2[C@H](O[C@@H]3O[C@@H](C)[C@H](O)[C@@H](O)[C@H]3O)[C@@H](O)[C@H](OCCc3ccc(O)c(OC)c3)O[C@@H]2CO[C@@H]2O[C@@H](C)[C@H](O)[C@@H](O)[C@H]2O)ccc1O. The van der Waals surface area contributed by atoms with Crippen LogP contribution in [0.1, 0.15) is 25.0 Å². The summed E-state index contributed by atoms with van der Waals surface area (Å²) in [6.07, 6.45) is -20.4. The topological polar surface area (TPSA) is 282 Å². The van der Waals surface area contributed by atoms with Gasteiger partial charge in [-0.3, -0.25) is 0 Å². The highest BCUT2D eigenvalue weighted by atomic mass is 16.8. The molecule has 3 fully saturated rings. The van der Waals surface area contributed by atoms with Gasteiger partial charge in [0.05, 0.1) is 39.6 Å². The number of carbonyl (C=O) groups is 1. The summed E-state index contributed by atoms with van der Waals surface area (Å²) < 4.78 is 51.2. The third kappa shape index (κ3) is 10.1. The number of aromatic hydroxyl groups is 2. The van der Waals surface area contributed by atoms with Crippen molar-refractivity contribution >= 4 is 12.0 Å². The number of methoxy groups -OCH3 is 2. The van der Waals surface area contributed by atoms with Crippen LogP contribution in [0.5, 0.6) is 23.0 Å². The van der Waals surface area contributed by atoms with Crippen molar-refractivity contribution in [1.29, 1.82) is 0 Å². The Morgan fingerprint density at radius 2 is 1.25 bits per heavy atom. The van der Waals surface area contributed by atoms with E-state index in [4.69, 9.17) is 42.6 Å². The molecular formula is C37H50O19. The minimum atomic E-state index is -1.84. The highest BCUT2D eigenvalue weighted by Gasteiger charge is 2.53. The van der Waals surface area contributed by atoms with Gasteiger partial charge in [0, 0.05) is 6.08 Å². The smallest absolute Gasteiger partial charge is 0.331 e. The highest BCUT2D eigenvalue weighted by Crippen LogP contribution is 2.33. The van der Waals surface area contributed by atoms with Gasteiger partial charge in [-0.15, -0.1) is 0 Å². The second kappa shape index (κ2) is 19.2. The molecule has 0 spiro atoms. The minimum absolute atomic E-state index is 0.0770. The van der Waals surface area contributed by atoms with Crippen LogP contribution < -0.4 is 9.47 Å². The van der Waals surface area contributed by atoms with Crippen LogP contribution in [0.2, 0.25) is 0 Å². The molecule has 0 bridgehead atoms. The fraction of sp³-hybridized carbons (Fsp3) is 0.595. The maximum absolute atomic E-state index is 13.4. The number of phenols is 2. The van der Waals surface area contributed by atoms with Crippen molar-refractivity contribution < 1.29 is 93.4 Å². The van der Waals surface area contributed by atoms with Crippen LogP contribution in [0.25, 0.3) is 6.08 Å². The predicted molar refractivity (Wildman–Crippen MR) is 188 cm³/mol. The Morgan fingerprint density at radius 1 is 0.679 bits per heavy atom. The minimum Gasteiger partial charge on any atom is -0.504 e.